The first-order chi connectivity index (χ1) is 17.1. The molecule has 0 aliphatic carbocycles. The molecule has 9 nitrogen and oxygen atoms in total. The lowest BCUT2D eigenvalue weighted by molar-refractivity contribution is -0.119. The van der Waals surface area contributed by atoms with E-state index in [1.807, 2.05) is 0 Å². The standard InChI is InChI=1S/C23H19Cl3N4O5S/c1-13(31)27-11-15-12-30(36(33,34)16-5-2-4-14(24)10-16)22-19(35-15)8-9-20(28-22)29-23(32)21-17(25)6-3-7-18(21)26/h2-10,15H,11-12H2,1H3,(H,27,31)(H,28,29,32). The summed E-state index contributed by atoms with van der Waals surface area (Å²) in [7, 11) is -4.14. The van der Waals surface area contributed by atoms with Gasteiger partial charge in [0.1, 0.15) is 11.9 Å². The van der Waals surface area contributed by atoms with Crippen molar-refractivity contribution in [1.29, 1.82) is 0 Å². The summed E-state index contributed by atoms with van der Waals surface area (Å²) in [5, 5.41) is 5.74. The molecule has 188 valence electrons. The number of rotatable bonds is 6. The van der Waals surface area contributed by atoms with Crippen molar-refractivity contribution >= 4 is 68.3 Å². The number of benzene rings is 2. The van der Waals surface area contributed by atoms with Crippen molar-refractivity contribution < 1.29 is 22.7 Å². The number of anilines is 2. The highest BCUT2D eigenvalue weighted by Gasteiger charge is 2.36. The molecule has 4 rings (SSSR count). The molecule has 0 saturated heterocycles. The van der Waals surface area contributed by atoms with Crippen LogP contribution in [0.3, 0.4) is 0 Å². The van der Waals surface area contributed by atoms with Gasteiger partial charge < -0.3 is 15.4 Å². The minimum Gasteiger partial charge on any atom is -0.483 e. The molecule has 0 bridgehead atoms. The summed E-state index contributed by atoms with van der Waals surface area (Å²) in [5.41, 5.74) is 0.0513. The summed E-state index contributed by atoms with van der Waals surface area (Å²) in [4.78, 5) is 28.5. The lowest BCUT2D eigenvalue weighted by Gasteiger charge is -2.34. The molecular formula is C23H19Cl3N4O5S. The number of nitrogens with one attached hydrogen (secondary N) is 2. The Morgan fingerprint density at radius 3 is 2.44 bits per heavy atom. The Hall–Kier alpha value is -3.05. The Morgan fingerprint density at radius 1 is 1.08 bits per heavy atom. The van der Waals surface area contributed by atoms with Crippen LogP contribution in [0, 0.1) is 0 Å². The molecule has 0 spiro atoms. The number of pyridine rings is 1. The topological polar surface area (TPSA) is 118 Å². The van der Waals surface area contributed by atoms with Gasteiger partial charge in [0.25, 0.3) is 15.9 Å². The first-order valence-electron chi connectivity index (χ1n) is 10.5. The van der Waals surface area contributed by atoms with Crippen LogP contribution in [0.25, 0.3) is 0 Å². The molecule has 1 aliphatic rings. The summed E-state index contributed by atoms with van der Waals surface area (Å²) in [6.45, 7) is 1.27. The zero-order valence-electron chi connectivity index (χ0n) is 18.7. The Labute approximate surface area is 222 Å². The molecular weight excluding hydrogens is 551 g/mol. The van der Waals surface area contributed by atoms with E-state index >= 15 is 0 Å². The highest BCUT2D eigenvalue weighted by molar-refractivity contribution is 7.92. The number of amides is 2. The number of aromatic nitrogens is 1. The molecule has 0 fully saturated rings. The minimum absolute atomic E-state index is 0.0443. The van der Waals surface area contributed by atoms with Crippen LogP contribution in [0.5, 0.6) is 5.75 Å². The number of nitrogens with zero attached hydrogens (tertiary/aromatic N) is 2. The van der Waals surface area contributed by atoms with Crippen molar-refractivity contribution in [2.24, 2.45) is 0 Å². The van der Waals surface area contributed by atoms with Crippen LogP contribution in [0.4, 0.5) is 11.6 Å². The lowest BCUT2D eigenvalue weighted by atomic mass is 10.2. The summed E-state index contributed by atoms with van der Waals surface area (Å²) >= 11 is 18.3. The maximum atomic E-state index is 13.6. The largest absolute Gasteiger partial charge is 0.483 e. The Balaban J connectivity index is 1.72. The number of sulfonamides is 1. The molecule has 36 heavy (non-hydrogen) atoms. The van der Waals surface area contributed by atoms with Crippen LogP contribution in [0.2, 0.25) is 15.1 Å². The van der Waals surface area contributed by atoms with Crippen molar-refractivity contribution in [2.75, 3.05) is 22.7 Å². The zero-order chi connectivity index (χ0) is 26.0. The third-order valence-electron chi connectivity index (χ3n) is 5.13. The van der Waals surface area contributed by atoms with E-state index < -0.39 is 22.0 Å². The van der Waals surface area contributed by atoms with Gasteiger partial charge in [-0.2, -0.15) is 0 Å². The van der Waals surface area contributed by atoms with Crippen LogP contribution >= 0.6 is 34.8 Å². The molecule has 2 aromatic carbocycles. The van der Waals surface area contributed by atoms with Gasteiger partial charge in [-0.1, -0.05) is 46.9 Å². The van der Waals surface area contributed by atoms with E-state index in [9.17, 15) is 18.0 Å². The van der Waals surface area contributed by atoms with Crippen molar-refractivity contribution in [3.8, 4) is 5.75 Å². The second-order valence-corrected chi connectivity index (χ2v) is 10.9. The summed E-state index contributed by atoms with van der Waals surface area (Å²) < 4.78 is 34.1. The van der Waals surface area contributed by atoms with Crippen LogP contribution in [0.15, 0.2) is 59.5 Å². The highest BCUT2D eigenvalue weighted by Crippen LogP contribution is 2.37. The van der Waals surface area contributed by atoms with Gasteiger partial charge in [0.2, 0.25) is 5.91 Å². The Morgan fingerprint density at radius 2 is 1.78 bits per heavy atom. The normalized spacial score (nSPS) is 15.0. The summed E-state index contributed by atoms with van der Waals surface area (Å²) in [6, 6.07) is 13.4. The van der Waals surface area contributed by atoms with Crippen molar-refractivity contribution in [2.45, 2.75) is 17.9 Å². The fourth-order valence-electron chi connectivity index (χ4n) is 3.49. The first kappa shape index (κ1) is 26.0. The first-order valence-corrected chi connectivity index (χ1v) is 13.1. The van der Waals surface area contributed by atoms with Crippen LogP contribution in [-0.4, -0.2) is 44.4 Å². The molecule has 1 atom stereocenters. The number of fused-ring (bicyclic) bond motifs is 1. The van der Waals surface area contributed by atoms with Gasteiger partial charge in [0.15, 0.2) is 11.6 Å². The quantitative estimate of drug-likeness (QED) is 0.455. The van der Waals surface area contributed by atoms with Crippen LogP contribution in [-0.2, 0) is 14.8 Å². The van der Waals surface area contributed by atoms with E-state index in [-0.39, 0.29) is 61.9 Å². The smallest absolute Gasteiger partial charge is 0.265 e. The van der Waals surface area contributed by atoms with Gasteiger partial charge >= 0.3 is 0 Å². The van der Waals surface area contributed by atoms with Gasteiger partial charge in [-0.05, 0) is 42.5 Å². The number of halogens is 3. The molecule has 1 unspecified atom stereocenters. The van der Waals surface area contributed by atoms with E-state index in [0.29, 0.717) is 0 Å². The van der Waals surface area contributed by atoms with Crippen molar-refractivity contribution in [1.82, 2.24) is 10.3 Å². The average Bonchev–Trinajstić information content (AvgIpc) is 2.82. The van der Waals surface area contributed by atoms with Gasteiger partial charge in [0.05, 0.1) is 33.6 Å². The Kier molecular flexibility index (Phi) is 7.60. The van der Waals surface area contributed by atoms with Crippen molar-refractivity contribution in [3.05, 3.63) is 75.2 Å². The number of ether oxygens (including phenoxy) is 1. The van der Waals surface area contributed by atoms with Gasteiger partial charge in [0, 0.05) is 11.9 Å². The average molecular weight is 570 g/mol. The van der Waals surface area contributed by atoms with E-state index in [1.54, 1.807) is 12.1 Å². The molecule has 2 N–H and O–H groups in total. The molecule has 0 radical (unpaired) electrons. The zero-order valence-corrected chi connectivity index (χ0v) is 21.7. The number of hydrogen-bond donors (Lipinski definition) is 2. The molecule has 2 amide bonds. The Bertz CT molecular complexity index is 1430. The third-order valence-corrected chi connectivity index (χ3v) is 7.75. The maximum Gasteiger partial charge on any atom is 0.265 e. The second kappa shape index (κ2) is 10.5. The molecule has 3 aromatic rings. The molecule has 1 aliphatic heterocycles. The fourth-order valence-corrected chi connectivity index (χ4v) is 5.81. The lowest BCUT2D eigenvalue weighted by Crippen LogP contribution is -2.48. The van der Waals surface area contributed by atoms with Crippen LogP contribution in [0.1, 0.15) is 17.3 Å². The van der Waals surface area contributed by atoms with Gasteiger partial charge in [-0.3, -0.25) is 9.59 Å². The molecule has 13 heteroatoms. The molecule has 1 aromatic heterocycles. The summed E-state index contributed by atoms with van der Waals surface area (Å²) in [5.74, 6) is -0.761. The molecule has 2 heterocycles. The fraction of sp³-hybridized carbons (Fsp3) is 0.174. The molecule has 0 saturated carbocycles. The van der Waals surface area contributed by atoms with E-state index in [1.165, 1.54) is 49.4 Å². The predicted octanol–water partition coefficient (Wildman–Crippen LogP) is 4.39. The van der Waals surface area contributed by atoms with E-state index in [2.05, 4.69) is 15.6 Å². The van der Waals surface area contributed by atoms with Gasteiger partial charge in [-0.15, -0.1) is 0 Å². The van der Waals surface area contributed by atoms with Gasteiger partial charge in [-0.25, -0.2) is 17.7 Å². The second-order valence-electron chi connectivity index (χ2n) is 7.74. The summed E-state index contributed by atoms with van der Waals surface area (Å²) in [6.07, 6.45) is -0.695. The maximum absolute atomic E-state index is 13.6. The van der Waals surface area contributed by atoms with Crippen molar-refractivity contribution in [3.63, 3.8) is 0 Å². The number of carbonyl (C=O) groups excluding carboxylic acids is 2. The predicted molar refractivity (Wildman–Crippen MR) is 138 cm³/mol. The third kappa shape index (κ3) is 5.52. The number of carbonyl (C=O) groups is 2. The minimum atomic E-state index is -4.14. The SMILES string of the molecule is CC(=O)NCC1CN(S(=O)(=O)c2cccc(Cl)c2)c2nc(NC(=O)c3c(Cl)cccc3Cl)ccc2O1. The number of hydrogen-bond acceptors (Lipinski definition) is 6. The van der Waals surface area contributed by atoms with E-state index in [0.717, 1.165) is 4.31 Å². The van der Waals surface area contributed by atoms with E-state index in [4.69, 9.17) is 39.5 Å². The highest BCUT2D eigenvalue weighted by atomic mass is 35.5. The monoisotopic (exact) mass is 568 g/mol. The van der Waals surface area contributed by atoms with Crippen LogP contribution < -0.4 is 19.7 Å².